The van der Waals surface area contributed by atoms with Crippen LogP contribution in [0.2, 0.25) is 0 Å². The average Bonchev–Trinajstić information content (AvgIpc) is 2.90. The molecule has 0 bridgehead atoms. The molecule has 3 aromatic rings. The Balaban J connectivity index is 1.54. The third-order valence-electron chi connectivity index (χ3n) is 5.93. The number of carbonyl (C=O) groups is 2. The number of rotatable bonds is 9. The summed E-state index contributed by atoms with van der Waals surface area (Å²) >= 11 is 0. The van der Waals surface area contributed by atoms with Crippen molar-refractivity contribution in [2.45, 2.75) is 25.1 Å². The van der Waals surface area contributed by atoms with Crippen LogP contribution in [0, 0.1) is 0 Å². The van der Waals surface area contributed by atoms with Crippen molar-refractivity contribution >= 4 is 27.5 Å². The molecular formula is C27H29N3O6S. The van der Waals surface area contributed by atoms with Gasteiger partial charge in [-0.3, -0.25) is 9.59 Å². The summed E-state index contributed by atoms with van der Waals surface area (Å²) < 4.78 is 37.8. The molecule has 2 atom stereocenters. The number of carbonyl (C=O) groups excluding carboxylic acids is 2. The Bertz CT molecular complexity index is 1350. The first-order chi connectivity index (χ1) is 17.7. The number of methoxy groups -OCH3 is 1. The highest BCUT2D eigenvalue weighted by Crippen LogP contribution is 2.34. The highest BCUT2D eigenvalue weighted by Gasteiger charge is 2.35. The minimum atomic E-state index is -3.62. The van der Waals surface area contributed by atoms with Crippen LogP contribution in [0.1, 0.15) is 23.6 Å². The minimum absolute atomic E-state index is 0.00925. The SMILES string of the molecule is COc1ccc([C@@H](CC(=O)N2C[C@@H](C(=O)NCc3ccccc3)Oc3ccccc32)NS(C)(=O)=O)cc1. The average molecular weight is 524 g/mol. The van der Waals surface area contributed by atoms with Gasteiger partial charge < -0.3 is 19.7 Å². The summed E-state index contributed by atoms with van der Waals surface area (Å²) in [5, 5.41) is 2.86. The van der Waals surface area contributed by atoms with E-state index in [2.05, 4.69) is 10.0 Å². The summed E-state index contributed by atoms with van der Waals surface area (Å²) in [6.45, 7) is 0.317. The molecule has 0 radical (unpaired) electrons. The number of ether oxygens (including phenoxy) is 2. The van der Waals surface area contributed by atoms with E-state index >= 15 is 0 Å². The third kappa shape index (κ3) is 6.87. The highest BCUT2D eigenvalue weighted by molar-refractivity contribution is 7.88. The lowest BCUT2D eigenvalue weighted by molar-refractivity contribution is -0.128. The Morgan fingerprint density at radius 3 is 2.38 bits per heavy atom. The monoisotopic (exact) mass is 523 g/mol. The number of nitrogens with one attached hydrogen (secondary N) is 2. The number of fused-ring (bicyclic) bond motifs is 1. The molecule has 2 N–H and O–H groups in total. The van der Waals surface area contributed by atoms with Gasteiger partial charge in [0.1, 0.15) is 11.5 Å². The van der Waals surface area contributed by atoms with Gasteiger partial charge in [0.15, 0.2) is 6.10 Å². The van der Waals surface area contributed by atoms with E-state index in [4.69, 9.17) is 9.47 Å². The van der Waals surface area contributed by atoms with Crippen LogP contribution in [0.3, 0.4) is 0 Å². The van der Waals surface area contributed by atoms with E-state index in [9.17, 15) is 18.0 Å². The standard InChI is InChI=1S/C27H29N3O6S/c1-35-21-14-12-20(13-15-21)22(29-37(2,33)34)16-26(31)30-18-25(36-24-11-7-6-10-23(24)30)27(32)28-17-19-8-4-3-5-9-19/h3-15,22,25,29H,16-18H2,1-2H3,(H,28,32)/t22-,25+/m1/s1. The summed E-state index contributed by atoms with van der Waals surface area (Å²) in [5.74, 6) is 0.310. The van der Waals surface area contributed by atoms with Crippen molar-refractivity contribution in [1.82, 2.24) is 10.0 Å². The molecule has 3 aromatic carbocycles. The Hall–Kier alpha value is -3.89. The molecule has 1 aliphatic rings. The molecule has 2 amide bonds. The molecule has 10 heteroatoms. The number of hydrogen-bond acceptors (Lipinski definition) is 6. The molecule has 0 saturated carbocycles. The van der Waals surface area contributed by atoms with Gasteiger partial charge in [-0.1, -0.05) is 54.6 Å². The zero-order chi connectivity index (χ0) is 26.4. The number of anilines is 1. The molecule has 194 valence electrons. The number of amides is 2. The summed E-state index contributed by atoms with van der Waals surface area (Å²) in [6, 6.07) is 22.5. The van der Waals surface area contributed by atoms with Crippen LogP contribution < -0.4 is 24.4 Å². The summed E-state index contributed by atoms with van der Waals surface area (Å²) in [5.41, 5.74) is 2.07. The number of sulfonamides is 1. The first kappa shape index (κ1) is 26.2. The van der Waals surface area contributed by atoms with E-state index < -0.39 is 22.2 Å². The lowest BCUT2D eigenvalue weighted by atomic mass is 10.0. The number of benzene rings is 3. The topological polar surface area (TPSA) is 114 Å². The number of para-hydroxylation sites is 2. The lowest BCUT2D eigenvalue weighted by Crippen LogP contribution is -2.51. The van der Waals surface area contributed by atoms with Crippen LogP contribution in [-0.2, 0) is 26.2 Å². The predicted octanol–water partition coefficient (Wildman–Crippen LogP) is 2.79. The van der Waals surface area contributed by atoms with Crippen molar-refractivity contribution in [3.8, 4) is 11.5 Å². The van der Waals surface area contributed by atoms with Crippen LogP contribution in [0.5, 0.6) is 11.5 Å². The fourth-order valence-corrected chi connectivity index (χ4v) is 4.85. The maximum Gasteiger partial charge on any atom is 0.263 e. The van der Waals surface area contributed by atoms with E-state index in [-0.39, 0.29) is 24.8 Å². The van der Waals surface area contributed by atoms with Gasteiger partial charge in [0, 0.05) is 13.0 Å². The molecule has 0 saturated heterocycles. The second-order valence-corrected chi connectivity index (χ2v) is 10.5. The predicted molar refractivity (Wildman–Crippen MR) is 140 cm³/mol. The second-order valence-electron chi connectivity index (χ2n) is 8.70. The minimum Gasteiger partial charge on any atom is -0.497 e. The van der Waals surface area contributed by atoms with Crippen LogP contribution in [-0.4, -0.2) is 46.2 Å². The lowest BCUT2D eigenvalue weighted by Gasteiger charge is -2.35. The zero-order valence-electron chi connectivity index (χ0n) is 20.6. The Morgan fingerprint density at radius 1 is 1.03 bits per heavy atom. The molecule has 0 aromatic heterocycles. The fraction of sp³-hybridized carbons (Fsp3) is 0.259. The van der Waals surface area contributed by atoms with Crippen molar-refractivity contribution in [3.63, 3.8) is 0 Å². The van der Waals surface area contributed by atoms with Gasteiger partial charge >= 0.3 is 0 Å². The molecule has 0 unspecified atom stereocenters. The summed E-state index contributed by atoms with van der Waals surface area (Å²) in [6.07, 6.45) is -0.0399. The fourth-order valence-electron chi connectivity index (χ4n) is 4.11. The van der Waals surface area contributed by atoms with Crippen LogP contribution in [0.4, 0.5) is 5.69 Å². The molecule has 0 aliphatic carbocycles. The Morgan fingerprint density at radius 2 is 1.70 bits per heavy atom. The van der Waals surface area contributed by atoms with Crippen LogP contribution in [0.15, 0.2) is 78.9 Å². The van der Waals surface area contributed by atoms with E-state index in [0.717, 1.165) is 11.8 Å². The Labute approximate surface area is 216 Å². The van der Waals surface area contributed by atoms with Crippen molar-refractivity contribution in [3.05, 3.63) is 90.0 Å². The molecule has 4 rings (SSSR count). The molecule has 37 heavy (non-hydrogen) atoms. The highest BCUT2D eigenvalue weighted by atomic mass is 32.2. The summed E-state index contributed by atoms with van der Waals surface area (Å²) in [7, 11) is -2.09. The van der Waals surface area contributed by atoms with Crippen molar-refractivity contribution in [2.24, 2.45) is 0 Å². The second kappa shape index (κ2) is 11.4. The molecular weight excluding hydrogens is 494 g/mol. The van der Waals surface area contributed by atoms with E-state index in [1.165, 1.54) is 12.0 Å². The van der Waals surface area contributed by atoms with Gasteiger partial charge in [-0.05, 0) is 35.4 Å². The number of nitrogens with zero attached hydrogens (tertiary/aromatic N) is 1. The largest absolute Gasteiger partial charge is 0.497 e. The summed E-state index contributed by atoms with van der Waals surface area (Å²) in [4.78, 5) is 28.0. The van der Waals surface area contributed by atoms with Crippen LogP contribution in [0.25, 0.3) is 0 Å². The normalized spacial score (nSPS) is 15.7. The maximum atomic E-state index is 13.6. The Kier molecular flexibility index (Phi) is 8.10. The molecule has 1 heterocycles. The quantitative estimate of drug-likeness (QED) is 0.446. The van der Waals surface area contributed by atoms with Gasteiger partial charge in [0.2, 0.25) is 15.9 Å². The third-order valence-corrected chi connectivity index (χ3v) is 6.64. The molecule has 0 fully saturated rings. The van der Waals surface area contributed by atoms with Gasteiger partial charge in [0.05, 0.1) is 31.6 Å². The van der Waals surface area contributed by atoms with Crippen molar-refractivity contribution in [1.29, 1.82) is 0 Å². The number of hydrogen-bond donors (Lipinski definition) is 2. The van der Waals surface area contributed by atoms with Crippen LogP contribution >= 0.6 is 0 Å². The zero-order valence-corrected chi connectivity index (χ0v) is 21.4. The van der Waals surface area contributed by atoms with Crippen molar-refractivity contribution < 1.29 is 27.5 Å². The first-order valence-corrected chi connectivity index (χ1v) is 13.6. The maximum absolute atomic E-state index is 13.6. The van der Waals surface area contributed by atoms with E-state index in [1.54, 1.807) is 48.5 Å². The van der Waals surface area contributed by atoms with Gasteiger partial charge in [-0.25, -0.2) is 13.1 Å². The van der Waals surface area contributed by atoms with Gasteiger partial charge in [-0.15, -0.1) is 0 Å². The van der Waals surface area contributed by atoms with Crippen molar-refractivity contribution in [2.75, 3.05) is 24.8 Å². The first-order valence-electron chi connectivity index (χ1n) is 11.7. The molecule has 0 spiro atoms. The smallest absolute Gasteiger partial charge is 0.263 e. The van der Waals surface area contributed by atoms with E-state index in [1.807, 2.05) is 30.3 Å². The van der Waals surface area contributed by atoms with Gasteiger partial charge in [0.25, 0.3) is 5.91 Å². The molecule has 9 nitrogen and oxygen atoms in total. The molecule has 1 aliphatic heterocycles. The van der Waals surface area contributed by atoms with Gasteiger partial charge in [-0.2, -0.15) is 0 Å². The van der Waals surface area contributed by atoms with E-state index in [0.29, 0.717) is 29.3 Å².